The summed E-state index contributed by atoms with van der Waals surface area (Å²) in [6, 6.07) is 53.7. The highest BCUT2D eigenvalue weighted by molar-refractivity contribution is 7.26. The zero-order valence-electron chi connectivity index (χ0n) is 27.1. The first-order valence-corrected chi connectivity index (χ1v) is 18.6. The number of aliphatic imine (C=N–C) groups is 2. The maximum atomic E-state index is 6.51. The van der Waals surface area contributed by atoms with Gasteiger partial charge < -0.3 is 9.73 Å². The van der Waals surface area contributed by atoms with Crippen molar-refractivity contribution in [2.24, 2.45) is 9.98 Å². The number of hydrogen-bond acceptors (Lipinski definition) is 6. The number of thiophene rings is 2. The maximum absolute atomic E-state index is 6.51. The molecule has 3 aromatic heterocycles. The van der Waals surface area contributed by atoms with Crippen LogP contribution in [0, 0.1) is 0 Å². The molecule has 1 atom stereocenters. The van der Waals surface area contributed by atoms with Gasteiger partial charge in [-0.15, -0.1) is 22.7 Å². The van der Waals surface area contributed by atoms with Crippen molar-refractivity contribution >= 4 is 96.6 Å². The predicted octanol–water partition coefficient (Wildman–Crippen LogP) is 12.5. The number of nitrogens with one attached hydrogen (secondary N) is 1. The Bertz CT molecular complexity index is 3070. The molecule has 0 radical (unpaired) electrons. The molecule has 11 rings (SSSR count). The summed E-state index contributed by atoms with van der Waals surface area (Å²) >= 11 is 3.65. The van der Waals surface area contributed by atoms with E-state index in [0.717, 1.165) is 55.9 Å². The number of rotatable bonds is 4. The summed E-state index contributed by atoms with van der Waals surface area (Å²) in [7, 11) is 0. The Hall–Kier alpha value is -6.08. The van der Waals surface area contributed by atoms with Gasteiger partial charge in [-0.05, 0) is 65.2 Å². The molecule has 0 saturated heterocycles. The summed E-state index contributed by atoms with van der Waals surface area (Å²) in [6.07, 6.45) is -0.283. The van der Waals surface area contributed by atoms with Gasteiger partial charge in [-0.25, -0.2) is 9.98 Å². The minimum absolute atomic E-state index is 0.283. The first-order chi connectivity index (χ1) is 25.2. The molecule has 51 heavy (non-hydrogen) atoms. The van der Waals surface area contributed by atoms with Crippen LogP contribution in [0.3, 0.4) is 0 Å². The molecule has 4 heterocycles. The van der Waals surface area contributed by atoms with Crippen LogP contribution in [0.1, 0.15) is 22.9 Å². The summed E-state index contributed by atoms with van der Waals surface area (Å²) < 4.78 is 11.6. The molecule has 0 aliphatic carbocycles. The van der Waals surface area contributed by atoms with E-state index in [-0.39, 0.29) is 6.17 Å². The number of fused-ring (bicyclic) bond motifs is 9. The third kappa shape index (κ3) is 4.57. The fraction of sp³-hybridized carbons (Fsp3) is 0.0222. The fourth-order valence-electron chi connectivity index (χ4n) is 7.51. The average molecular weight is 690 g/mol. The van der Waals surface area contributed by atoms with Crippen molar-refractivity contribution in [1.82, 2.24) is 5.32 Å². The lowest BCUT2D eigenvalue weighted by molar-refractivity contribution is 0.668. The number of nitrogens with zero attached hydrogens (tertiary/aromatic N) is 2. The van der Waals surface area contributed by atoms with E-state index in [9.17, 15) is 0 Å². The molecule has 7 aromatic carbocycles. The Kier molecular flexibility index (Phi) is 6.32. The lowest BCUT2D eigenvalue weighted by atomic mass is 10.0. The molecule has 4 nitrogen and oxygen atoms in total. The van der Waals surface area contributed by atoms with Gasteiger partial charge in [-0.3, -0.25) is 0 Å². The number of furan rings is 1. The van der Waals surface area contributed by atoms with Gasteiger partial charge >= 0.3 is 0 Å². The van der Waals surface area contributed by atoms with E-state index in [1.165, 1.54) is 45.9 Å². The fourth-order valence-corrected chi connectivity index (χ4v) is 9.96. The molecule has 240 valence electrons. The summed E-state index contributed by atoms with van der Waals surface area (Å²) in [5.41, 5.74) is 7.22. The van der Waals surface area contributed by atoms with Crippen LogP contribution < -0.4 is 5.32 Å². The van der Waals surface area contributed by atoms with E-state index in [1.807, 2.05) is 17.4 Å². The van der Waals surface area contributed by atoms with Crippen LogP contribution >= 0.6 is 22.7 Å². The Morgan fingerprint density at radius 2 is 1.14 bits per heavy atom. The minimum atomic E-state index is -0.283. The second-order valence-electron chi connectivity index (χ2n) is 13.0. The molecular weight excluding hydrogens is 663 g/mol. The van der Waals surface area contributed by atoms with Crippen LogP contribution in [0.15, 0.2) is 166 Å². The lowest BCUT2D eigenvalue weighted by Crippen LogP contribution is -2.33. The monoisotopic (exact) mass is 689 g/mol. The Balaban J connectivity index is 1.03. The van der Waals surface area contributed by atoms with Crippen LogP contribution in [0.2, 0.25) is 0 Å². The largest absolute Gasteiger partial charge is 0.456 e. The molecular formula is C45H27N3OS2. The van der Waals surface area contributed by atoms with Crippen molar-refractivity contribution in [2.45, 2.75) is 6.17 Å². The summed E-state index contributed by atoms with van der Waals surface area (Å²) in [5, 5.41) is 10.9. The molecule has 0 fully saturated rings. The molecule has 0 bridgehead atoms. The molecule has 0 saturated carbocycles. The number of amidine groups is 2. The van der Waals surface area contributed by atoms with Gasteiger partial charge in [0.2, 0.25) is 0 Å². The molecule has 1 N–H and O–H groups in total. The van der Waals surface area contributed by atoms with Crippen molar-refractivity contribution < 1.29 is 4.42 Å². The molecule has 1 unspecified atom stereocenters. The van der Waals surface area contributed by atoms with Crippen molar-refractivity contribution in [2.75, 3.05) is 0 Å². The smallest absolute Gasteiger partial charge is 0.160 e. The Morgan fingerprint density at radius 1 is 0.490 bits per heavy atom. The van der Waals surface area contributed by atoms with Crippen LogP contribution in [0.5, 0.6) is 0 Å². The van der Waals surface area contributed by atoms with Gasteiger partial charge in [-0.2, -0.15) is 0 Å². The van der Waals surface area contributed by atoms with Gasteiger partial charge in [0.05, 0.1) is 0 Å². The molecule has 1 aliphatic rings. The summed E-state index contributed by atoms with van der Waals surface area (Å²) in [5.74, 6) is 1.52. The van der Waals surface area contributed by atoms with E-state index in [1.54, 1.807) is 11.3 Å². The average Bonchev–Trinajstić information content (AvgIpc) is 3.88. The van der Waals surface area contributed by atoms with E-state index >= 15 is 0 Å². The Morgan fingerprint density at radius 3 is 1.90 bits per heavy atom. The molecule has 6 heteroatoms. The zero-order chi connectivity index (χ0) is 33.5. The van der Waals surface area contributed by atoms with Crippen molar-refractivity contribution in [3.8, 4) is 11.1 Å². The second-order valence-corrected chi connectivity index (χ2v) is 15.1. The maximum Gasteiger partial charge on any atom is 0.160 e. The van der Waals surface area contributed by atoms with Gasteiger partial charge in [0.1, 0.15) is 23.2 Å². The highest BCUT2D eigenvalue weighted by Gasteiger charge is 2.24. The molecule has 1 aliphatic heterocycles. The van der Waals surface area contributed by atoms with Crippen LogP contribution in [-0.4, -0.2) is 11.7 Å². The predicted molar refractivity (Wildman–Crippen MR) is 217 cm³/mol. The highest BCUT2D eigenvalue weighted by Crippen LogP contribution is 2.42. The lowest BCUT2D eigenvalue weighted by Gasteiger charge is -2.23. The van der Waals surface area contributed by atoms with E-state index in [4.69, 9.17) is 14.4 Å². The second kappa shape index (κ2) is 11.2. The quantitative estimate of drug-likeness (QED) is 0.200. The van der Waals surface area contributed by atoms with Crippen LogP contribution in [0.25, 0.3) is 73.4 Å². The Labute approximate surface area is 300 Å². The SMILES string of the molecule is c1ccc(C2N=C(c3cccc4c3sc3ccccc34)N=C(c3ccc4oc5cc(-c6cccc7c6sc6ccccc67)ccc5c4c3)N2)cc1. The van der Waals surface area contributed by atoms with Gasteiger partial charge in [0.15, 0.2) is 5.84 Å². The van der Waals surface area contributed by atoms with Crippen LogP contribution in [-0.2, 0) is 0 Å². The zero-order valence-corrected chi connectivity index (χ0v) is 28.8. The summed E-state index contributed by atoms with van der Waals surface area (Å²) in [4.78, 5) is 10.4. The van der Waals surface area contributed by atoms with E-state index < -0.39 is 0 Å². The van der Waals surface area contributed by atoms with E-state index in [2.05, 4.69) is 151 Å². The molecule has 0 spiro atoms. The normalized spacial score (nSPS) is 14.9. The van der Waals surface area contributed by atoms with E-state index in [0.29, 0.717) is 0 Å². The van der Waals surface area contributed by atoms with Gasteiger partial charge in [0, 0.05) is 62.2 Å². The third-order valence-electron chi connectivity index (χ3n) is 9.96. The van der Waals surface area contributed by atoms with Crippen molar-refractivity contribution in [3.05, 3.63) is 168 Å². The number of hydrogen-bond donors (Lipinski definition) is 1. The molecule has 0 amide bonds. The highest BCUT2D eigenvalue weighted by atomic mass is 32.1. The third-order valence-corrected chi connectivity index (χ3v) is 12.4. The topological polar surface area (TPSA) is 49.9 Å². The summed E-state index contributed by atoms with van der Waals surface area (Å²) in [6.45, 7) is 0. The molecule has 10 aromatic rings. The minimum Gasteiger partial charge on any atom is -0.456 e. The first kappa shape index (κ1) is 28.7. The first-order valence-electron chi connectivity index (χ1n) is 17.0. The van der Waals surface area contributed by atoms with Gasteiger partial charge in [-0.1, -0.05) is 103 Å². The van der Waals surface area contributed by atoms with Gasteiger partial charge in [0.25, 0.3) is 0 Å². The standard InChI is InChI=1S/C45H27N3OS2/c1-2-10-26(11-3-1)43-46-44(48-45(47-43)35-17-9-16-34-32-13-5-7-19-40(32)51-42(34)35)28-21-23-37-36(24-28)30-22-20-27(25-38(30)49-37)29-14-8-15-33-31-12-4-6-18-39(31)50-41(29)33/h1-25,43H,(H,46,47,48). The van der Waals surface area contributed by atoms with Crippen LogP contribution in [0.4, 0.5) is 0 Å². The van der Waals surface area contributed by atoms with Crippen molar-refractivity contribution in [1.29, 1.82) is 0 Å². The number of benzene rings is 7. The van der Waals surface area contributed by atoms with Crippen molar-refractivity contribution in [3.63, 3.8) is 0 Å².